The summed E-state index contributed by atoms with van der Waals surface area (Å²) in [4.78, 5) is 29.1. The van der Waals surface area contributed by atoms with Gasteiger partial charge in [-0.25, -0.2) is 4.98 Å². The highest BCUT2D eigenvalue weighted by molar-refractivity contribution is 5.95. The van der Waals surface area contributed by atoms with E-state index in [1.807, 2.05) is 6.07 Å². The minimum absolute atomic E-state index is 0.00161. The number of fused-ring (bicyclic) bond motifs is 1. The fourth-order valence-electron chi connectivity index (χ4n) is 4.00. The topological polar surface area (TPSA) is 137 Å². The van der Waals surface area contributed by atoms with Crippen LogP contribution in [0.2, 0.25) is 0 Å². The fourth-order valence-corrected chi connectivity index (χ4v) is 4.00. The van der Waals surface area contributed by atoms with Gasteiger partial charge in [0.25, 0.3) is 11.2 Å². The number of anilines is 2. The lowest BCUT2D eigenvalue weighted by Crippen LogP contribution is -2.52. The van der Waals surface area contributed by atoms with E-state index in [4.69, 9.17) is 0 Å². The number of alkyl halides is 3. The zero-order valence-electron chi connectivity index (χ0n) is 18.5. The molecule has 1 fully saturated rings. The van der Waals surface area contributed by atoms with Gasteiger partial charge in [-0.3, -0.25) is 14.9 Å². The molecule has 4 rings (SSSR count). The van der Waals surface area contributed by atoms with Crippen molar-refractivity contribution in [3.8, 4) is 6.07 Å². The molecule has 3 heterocycles. The maximum Gasteiger partial charge on any atom is 0.416 e. The number of aromatic nitrogens is 2. The summed E-state index contributed by atoms with van der Waals surface area (Å²) in [7, 11) is 1.48. The molecule has 35 heavy (non-hydrogen) atoms. The van der Waals surface area contributed by atoms with Crippen LogP contribution in [-0.2, 0) is 13.2 Å². The van der Waals surface area contributed by atoms with E-state index in [1.165, 1.54) is 30.8 Å². The molecular weight excluding hydrogens is 469 g/mol. The quantitative estimate of drug-likeness (QED) is 0.413. The van der Waals surface area contributed by atoms with Gasteiger partial charge in [0.1, 0.15) is 17.6 Å². The van der Waals surface area contributed by atoms with Gasteiger partial charge in [0, 0.05) is 43.9 Å². The molecule has 1 saturated heterocycles. The Morgan fingerprint density at radius 3 is 2.57 bits per heavy atom. The van der Waals surface area contributed by atoms with Crippen molar-refractivity contribution in [2.45, 2.75) is 25.2 Å². The van der Waals surface area contributed by atoms with Crippen LogP contribution >= 0.6 is 0 Å². The molecule has 1 aliphatic heterocycles. The average Bonchev–Trinajstić information content (AvgIpc) is 2.78. The lowest BCUT2D eigenvalue weighted by molar-refractivity contribution is -0.385. The smallest absolute Gasteiger partial charge is 0.389 e. The van der Waals surface area contributed by atoms with E-state index in [9.17, 15) is 38.4 Å². The van der Waals surface area contributed by atoms with Gasteiger partial charge < -0.3 is 19.9 Å². The number of nitro groups is 1. The zero-order valence-corrected chi connectivity index (χ0v) is 18.5. The number of nitro benzene ring substituents is 1. The van der Waals surface area contributed by atoms with Crippen LogP contribution < -0.4 is 15.8 Å². The van der Waals surface area contributed by atoms with Crippen molar-refractivity contribution < 1.29 is 23.2 Å². The first-order valence-electron chi connectivity index (χ1n) is 10.4. The Bertz CT molecular complexity index is 1440. The van der Waals surface area contributed by atoms with E-state index in [2.05, 4.69) is 10.3 Å². The second-order valence-corrected chi connectivity index (χ2v) is 8.28. The third kappa shape index (κ3) is 4.35. The zero-order chi connectivity index (χ0) is 25.7. The number of β-amino-alcohol motifs (C(OH)–C–C–N with tert-alkyl or cyclic N) is 1. The number of non-ortho nitro benzene ring substituents is 1. The summed E-state index contributed by atoms with van der Waals surface area (Å²) in [6.07, 6.45) is -4.12. The van der Waals surface area contributed by atoms with E-state index in [0.29, 0.717) is 11.5 Å². The third-order valence-electron chi connectivity index (χ3n) is 5.88. The summed E-state index contributed by atoms with van der Waals surface area (Å²) in [6, 6.07) is 4.96. The first kappa shape index (κ1) is 24.0. The van der Waals surface area contributed by atoms with Gasteiger partial charge in [0.2, 0.25) is 0 Å². The molecule has 13 heteroatoms. The minimum atomic E-state index is -4.78. The maximum absolute atomic E-state index is 13.3. The number of halogens is 3. The highest BCUT2D eigenvalue weighted by atomic mass is 19.4. The molecule has 0 unspecified atom stereocenters. The van der Waals surface area contributed by atoms with Gasteiger partial charge in [0.05, 0.1) is 33.7 Å². The molecule has 2 aromatic heterocycles. The monoisotopic (exact) mass is 488 g/mol. The molecule has 3 aromatic rings. The Morgan fingerprint density at radius 2 is 2.00 bits per heavy atom. The largest absolute Gasteiger partial charge is 0.416 e. The van der Waals surface area contributed by atoms with E-state index in [0.717, 1.165) is 12.1 Å². The van der Waals surface area contributed by atoms with Crippen LogP contribution in [0.3, 0.4) is 0 Å². The number of pyridine rings is 2. The molecule has 2 N–H and O–H groups in total. The van der Waals surface area contributed by atoms with Gasteiger partial charge >= 0.3 is 6.18 Å². The van der Waals surface area contributed by atoms with Crippen LogP contribution in [0.25, 0.3) is 10.9 Å². The van der Waals surface area contributed by atoms with Crippen molar-refractivity contribution in [2.75, 3.05) is 23.3 Å². The molecule has 1 aliphatic rings. The predicted molar refractivity (Wildman–Crippen MR) is 120 cm³/mol. The molecule has 1 aromatic carbocycles. The number of aliphatic hydroxyl groups is 1. The van der Waals surface area contributed by atoms with Crippen LogP contribution in [0.4, 0.5) is 30.4 Å². The summed E-state index contributed by atoms with van der Waals surface area (Å²) in [5.74, 6) is 0.171. The summed E-state index contributed by atoms with van der Waals surface area (Å²) in [6.45, 7) is 2.01. The average molecular weight is 488 g/mol. The molecule has 0 spiro atoms. The SMILES string of the molecule is C[C@@H](Nc1ncc(C#N)c2c1cc(N1CC(O)C1)c(=O)n2C)c1cc([N+](=O)[O-])cc(C(F)(F)F)c1. The molecule has 1 atom stereocenters. The molecule has 0 radical (unpaired) electrons. The standard InChI is InChI=1S/C22H19F3N6O4/c1-11(12-3-14(22(23,24)25)5-15(4-12)31(34)35)28-20-17-6-18(30-9-16(32)10-30)21(33)29(2)19(17)13(7-26)8-27-20/h3-6,8,11,16,32H,9-10H2,1-2H3,(H,27,28)/t11-/m1/s1. The van der Waals surface area contributed by atoms with Gasteiger partial charge in [-0.2, -0.15) is 18.4 Å². The van der Waals surface area contributed by atoms with E-state index >= 15 is 0 Å². The minimum Gasteiger partial charge on any atom is -0.389 e. The van der Waals surface area contributed by atoms with Gasteiger partial charge in [0.15, 0.2) is 0 Å². The van der Waals surface area contributed by atoms with Crippen LogP contribution in [0.1, 0.15) is 29.7 Å². The Kier molecular flexibility index (Phi) is 5.85. The third-order valence-corrected chi connectivity index (χ3v) is 5.88. The molecule has 0 aliphatic carbocycles. The van der Waals surface area contributed by atoms with Crippen molar-refractivity contribution in [3.05, 3.63) is 67.6 Å². The predicted octanol–water partition coefficient (Wildman–Crippen LogP) is 3.09. The second-order valence-electron chi connectivity index (χ2n) is 8.28. The van der Waals surface area contributed by atoms with Gasteiger partial charge in [-0.15, -0.1) is 0 Å². The van der Waals surface area contributed by atoms with Crippen LogP contribution in [0.5, 0.6) is 0 Å². The summed E-state index contributed by atoms with van der Waals surface area (Å²) in [5, 5.41) is 33.7. The Labute approximate surface area is 196 Å². The lowest BCUT2D eigenvalue weighted by atomic mass is 10.0. The number of hydrogen-bond acceptors (Lipinski definition) is 8. The number of nitrogens with one attached hydrogen (secondary N) is 1. The van der Waals surface area contributed by atoms with Crippen molar-refractivity contribution in [1.29, 1.82) is 5.26 Å². The number of benzene rings is 1. The first-order valence-corrected chi connectivity index (χ1v) is 10.4. The normalized spacial score (nSPS) is 14.9. The first-order chi connectivity index (χ1) is 16.4. The Morgan fingerprint density at radius 1 is 1.31 bits per heavy atom. The lowest BCUT2D eigenvalue weighted by Gasteiger charge is -2.37. The molecule has 0 bridgehead atoms. The van der Waals surface area contributed by atoms with E-state index < -0.39 is 34.5 Å². The van der Waals surface area contributed by atoms with Gasteiger partial charge in [-0.1, -0.05) is 0 Å². The van der Waals surface area contributed by atoms with Crippen LogP contribution in [-0.4, -0.2) is 38.8 Å². The molecule has 0 amide bonds. The Balaban J connectivity index is 1.82. The highest BCUT2D eigenvalue weighted by Crippen LogP contribution is 2.35. The number of hydrogen-bond donors (Lipinski definition) is 2. The van der Waals surface area contributed by atoms with Crippen LogP contribution in [0, 0.1) is 21.4 Å². The molecule has 182 valence electrons. The van der Waals surface area contributed by atoms with Crippen molar-refractivity contribution in [3.63, 3.8) is 0 Å². The van der Waals surface area contributed by atoms with Crippen LogP contribution in [0.15, 0.2) is 35.3 Å². The molecular formula is C22H19F3N6O4. The van der Waals surface area contributed by atoms with Crippen molar-refractivity contribution in [1.82, 2.24) is 9.55 Å². The number of aliphatic hydroxyl groups excluding tert-OH is 1. The fraction of sp³-hybridized carbons (Fsp3) is 0.318. The summed E-state index contributed by atoms with van der Waals surface area (Å²) >= 11 is 0. The number of aryl methyl sites for hydroxylation is 1. The number of rotatable bonds is 5. The molecule has 10 nitrogen and oxygen atoms in total. The summed E-state index contributed by atoms with van der Waals surface area (Å²) < 4.78 is 41.2. The van der Waals surface area contributed by atoms with Crippen molar-refractivity contribution >= 4 is 28.1 Å². The van der Waals surface area contributed by atoms with E-state index in [1.54, 1.807) is 4.90 Å². The van der Waals surface area contributed by atoms with Crippen molar-refractivity contribution in [2.24, 2.45) is 7.05 Å². The number of nitrogens with zero attached hydrogens (tertiary/aromatic N) is 5. The maximum atomic E-state index is 13.3. The second kappa shape index (κ2) is 8.55. The highest BCUT2D eigenvalue weighted by Gasteiger charge is 2.33. The Hall–Kier alpha value is -4.18. The van der Waals surface area contributed by atoms with Gasteiger partial charge in [-0.05, 0) is 24.6 Å². The van der Waals surface area contributed by atoms with E-state index in [-0.39, 0.29) is 46.8 Å². The summed E-state index contributed by atoms with van der Waals surface area (Å²) in [5.41, 5.74) is -1.60. The molecule has 0 saturated carbocycles. The number of nitriles is 1.